The fourth-order valence-electron chi connectivity index (χ4n) is 5.15. The second-order valence-electron chi connectivity index (χ2n) is 9.07. The molecule has 0 unspecified atom stereocenters. The zero-order valence-electron chi connectivity index (χ0n) is 18.4. The Hall–Kier alpha value is -2.80. The molecule has 0 atom stereocenters. The molecule has 0 N–H and O–H groups in total. The van der Waals surface area contributed by atoms with Gasteiger partial charge in [-0.1, -0.05) is 50.1 Å². The van der Waals surface area contributed by atoms with Gasteiger partial charge in [-0.3, -0.25) is 0 Å². The quantitative estimate of drug-likeness (QED) is 0.385. The summed E-state index contributed by atoms with van der Waals surface area (Å²) < 4.78 is 42.8. The van der Waals surface area contributed by atoms with Gasteiger partial charge in [0.2, 0.25) is 0 Å². The maximum absolute atomic E-state index is 15.2. The van der Waals surface area contributed by atoms with Crippen LogP contribution in [0.4, 0.5) is 13.2 Å². The number of hydrogen-bond acceptors (Lipinski definition) is 1. The smallest absolute Gasteiger partial charge is 0.144 e. The lowest BCUT2D eigenvalue weighted by Gasteiger charge is -2.28. The number of nitriles is 1. The van der Waals surface area contributed by atoms with E-state index < -0.39 is 17.2 Å². The Bertz CT molecular complexity index is 1130. The highest BCUT2D eigenvalue weighted by Gasteiger charge is 2.22. The lowest BCUT2D eigenvalue weighted by molar-refractivity contribution is 0.308. The molecule has 166 valence electrons. The molecule has 1 nitrogen and oxygen atoms in total. The van der Waals surface area contributed by atoms with Crippen molar-refractivity contribution in [3.05, 3.63) is 82.2 Å². The molecule has 0 saturated heterocycles. The second-order valence-corrected chi connectivity index (χ2v) is 9.07. The van der Waals surface area contributed by atoms with Gasteiger partial charge in [-0.25, -0.2) is 13.2 Å². The molecule has 1 aliphatic rings. The summed E-state index contributed by atoms with van der Waals surface area (Å²) in [6, 6.07) is 13.6. The van der Waals surface area contributed by atoms with Gasteiger partial charge in [0.1, 0.15) is 29.1 Å². The van der Waals surface area contributed by atoms with Crippen molar-refractivity contribution in [1.29, 1.82) is 5.26 Å². The molecule has 0 spiro atoms. The van der Waals surface area contributed by atoms with Gasteiger partial charge in [0, 0.05) is 5.39 Å². The molecule has 0 aliphatic heterocycles. The average Bonchev–Trinajstić information content (AvgIpc) is 2.79. The summed E-state index contributed by atoms with van der Waals surface area (Å²) in [5.74, 6) is -0.614. The van der Waals surface area contributed by atoms with Crippen LogP contribution in [0.25, 0.3) is 10.8 Å². The van der Waals surface area contributed by atoms with Crippen molar-refractivity contribution in [3.8, 4) is 6.07 Å². The van der Waals surface area contributed by atoms with E-state index in [-0.39, 0.29) is 5.82 Å². The van der Waals surface area contributed by atoms with Crippen LogP contribution in [0.15, 0.2) is 42.5 Å². The van der Waals surface area contributed by atoms with Gasteiger partial charge >= 0.3 is 0 Å². The molecule has 0 bridgehead atoms. The van der Waals surface area contributed by atoms with Crippen LogP contribution in [-0.2, 0) is 12.8 Å². The number of benzene rings is 3. The SMILES string of the molecule is CCCC1CCC(c2ccc3c(F)c(CCc4cc(F)c(C#N)c(F)c4)ccc3c2)CC1. The third kappa shape index (κ3) is 4.67. The van der Waals surface area contributed by atoms with Crippen molar-refractivity contribution in [2.45, 2.75) is 64.2 Å². The second kappa shape index (κ2) is 9.77. The van der Waals surface area contributed by atoms with Crippen LogP contribution in [-0.4, -0.2) is 0 Å². The van der Waals surface area contributed by atoms with E-state index in [9.17, 15) is 8.78 Å². The van der Waals surface area contributed by atoms with Gasteiger partial charge in [-0.05, 0) is 84.6 Å². The summed E-state index contributed by atoms with van der Waals surface area (Å²) in [5, 5.41) is 10.3. The normalized spacial score (nSPS) is 18.6. The largest absolute Gasteiger partial charge is 0.206 e. The summed E-state index contributed by atoms with van der Waals surface area (Å²) in [6.45, 7) is 2.25. The molecule has 1 saturated carbocycles. The first-order chi connectivity index (χ1) is 15.5. The van der Waals surface area contributed by atoms with Crippen molar-refractivity contribution in [3.63, 3.8) is 0 Å². The van der Waals surface area contributed by atoms with Crippen LogP contribution < -0.4 is 0 Å². The fraction of sp³-hybridized carbons (Fsp3) is 0.393. The molecular formula is C28H28F3N. The van der Waals surface area contributed by atoms with Crippen molar-refractivity contribution in [2.75, 3.05) is 0 Å². The Morgan fingerprint density at radius 1 is 0.906 bits per heavy atom. The Morgan fingerprint density at radius 2 is 1.62 bits per heavy atom. The Morgan fingerprint density at radius 3 is 2.28 bits per heavy atom. The minimum atomic E-state index is -0.877. The van der Waals surface area contributed by atoms with Crippen LogP contribution in [0.5, 0.6) is 0 Å². The van der Waals surface area contributed by atoms with Crippen molar-refractivity contribution in [1.82, 2.24) is 0 Å². The predicted octanol–water partition coefficient (Wildman–Crippen LogP) is 7.99. The van der Waals surface area contributed by atoms with E-state index in [4.69, 9.17) is 5.26 Å². The van der Waals surface area contributed by atoms with E-state index in [2.05, 4.69) is 19.1 Å². The highest BCUT2D eigenvalue weighted by Crippen LogP contribution is 2.38. The van der Waals surface area contributed by atoms with Crippen LogP contribution in [0.2, 0.25) is 0 Å². The standard InChI is InChI=1S/C28H28F3N/c1-2-3-18-4-7-20(8-5-18)22-12-13-24-23(16-22)11-10-21(28(24)31)9-6-19-14-26(29)25(17-32)27(30)15-19/h10-16,18,20H,2-9H2,1H3. The first kappa shape index (κ1) is 22.4. The van der Waals surface area contributed by atoms with Gasteiger partial charge in [-0.15, -0.1) is 0 Å². The number of aryl methyl sites for hydroxylation is 2. The zero-order valence-corrected chi connectivity index (χ0v) is 18.4. The molecule has 4 heteroatoms. The van der Waals surface area contributed by atoms with Crippen molar-refractivity contribution in [2.24, 2.45) is 5.92 Å². The first-order valence-electron chi connectivity index (χ1n) is 11.6. The average molecular weight is 436 g/mol. The number of halogens is 3. The van der Waals surface area contributed by atoms with E-state index in [1.54, 1.807) is 6.07 Å². The Balaban J connectivity index is 1.49. The van der Waals surface area contributed by atoms with Crippen molar-refractivity contribution >= 4 is 10.8 Å². The molecule has 0 aromatic heterocycles. The first-order valence-corrected chi connectivity index (χ1v) is 11.6. The van der Waals surface area contributed by atoms with Gasteiger partial charge in [0.25, 0.3) is 0 Å². The third-order valence-corrected chi connectivity index (χ3v) is 6.97. The zero-order chi connectivity index (χ0) is 22.7. The predicted molar refractivity (Wildman–Crippen MR) is 122 cm³/mol. The molecule has 0 heterocycles. The fourth-order valence-corrected chi connectivity index (χ4v) is 5.15. The summed E-state index contributed by atoms with van der Waals surface area (Å²) in [4.78, 5) is 0. The molecule has 4 rings (SSSR count). The summed E-state index contributed by atoms with van der Waals surface area (Å²) in [6.07, 6.45) is 8.16. The van der Waals surface area contributed by atoms with Crippen LogP contribution in [0.1, 0.15) is 73.6 Å². The minimum Gasteiger partial charge on any atom is -0.206 e. The summed E-state index contributed by atoms with van der Waals surface area (Å²) in [7, 11) is 0. The highest BCUT2D eigenvalue weighted by molar-refractivity contribution is 5.84. The minimum absolute atomic E-state index is 0.268. The molecule has 32 heavy (non-hydrogen) atoms. The lowest BCUT2D eigenvalue weighted by Crippen LogP contribution is -2.13. The molecule has 0 radical (unpaired) electrons. The van der Waals surface area contributed by atoms with Crippen LogP contribution in [0.3, 0.4) is 0 Å². The molecular weight excluding hydrogens is 407 g/mol. The van der Waals surface area contributed by atoms with E-state index in [1.807, 2.05) is 12.1 Å². The maximum Gasteiger partial charge on any atom is 0.144 e. The molecule has 3 aromatic rings. The monoisotopic (exact) mass is 435 g/mol. The molecule has 0 amide bonds. The van der Waals surface area contributed by atoms with Crippen LogP contribution >= 0.6 is 0 Å². The lowest BCUT2D eigenvalue weighted by atomic mass is 9.77. The number of rotatable bonds is 6. The highest BCUT2D eigenvalue weighted by atomic mass is 19.1. The van der Waals surface area contributed by atoms with Gasteiger partial charge < -0.3 is 0 Å². The molecule has 3 aromatic carbocycles. The van der Waals surface area contributed by atoms with Crippen LogP contribution in [0, 0.1) is 34.7 Å². The molecule has 1 fully saturated rings. The molecule has 1 aliphatic carbocycles. The van der Waals surface area contributed by atoms with Gasteiger partial charge in [0.15, 0.2) is 0 Å². The Labute approximate surface area is 187 Å². The summed E-state index contributed by atoms with van der Waals surface area (Å²) in [5.41, 5.74) is 1.64. The maximum atomic E-state index is 15.2. The van der Waals surface area contributed by atoms with Gasteiger partial charge in [0.05, 0.1) is 0 Å². The topological polar surface area (TPSA) is 23.8 Å². The number of nitrogens with zero attached hydrogens (tertiary/aromatic N) is 1. The number of fused-ring (bicyclic) bond motifs is 1. The van der Waals surface area contributed by atoms with E-state index in [0.29, 0.717) is 35.3 Å². The van der Waals surface area contributed by atoms with E-state index in [1.165, 1.54) is 50.2 Å². The van der Waals surface area contributed by atoms with E-state index >= 15 is 4.39 Å². The number of hydrogen-bond donors (Lipinski definition) is 0. The third-order valence-electron chi connectivity index (χ3n) is 6.97. The Kier molecular flexibility index (Phi) is 6.84. The van der Waals surface area contributed by atoms with E-state index in [0.717, 1.165) is 23.4 Å². The van der Waals surface area contributed by atoms with Crippen molar-refractivity contribution < 1.29 is 13.2 Å². The van der Waals surface area contributed by atoms with Gasteiger partial charge in [-0.2, -0.15) is 5.26 Å². The summed E-state index contributed by atoms with van der Waals surface area (Å²) >= 11 is 0.